The van der Waals surface area contributed by atoms with E-state index in [9.17, 15) is 4.79 Å². The number of pyridine rings is 1. The van der Waals surface area contributed by atoms with E-state index >= 15 is 0 Å². The molecule has 2 N–H and O–H groups in total. The highest BCUT2D eigenvalue weighted by Crippen LogP contribution is 2.19. The number of amides is 1. The fourth-order valence-electron chi connectivity index (χ4n) is 1.76. The van der Waals surface area contributed by atoms with Crippen molar-refractivity contribution in [1.29, 1.82) is 0 Å². The van der Waals surface area contributed by atoms with Gasteiger partial charge in [-0.2, -0.15) is 5.10 Å². The van der Waals surface area contributed by atoms with Crippen LogP contribution in [-0.4, -0.2) is 27.7 Å². The number of carbonyl (C=O) groups is 1. The van der Waals surface area contributed by atoms with Crippen LogP contribution in [0.2, 0.25) is 0 Å². The summed E-state index contributed by atoms with van der Waals surface area (Å²) in [5.74, 6) is -0.205. The largest absolute Gasteiger partial charge is 0.395 e. The monoisotopic (exact) mass is 245 g/mol. The Morgan fingerprint density at radius 2 is 2.22 bits per heavy atom. The molecule has 0 spiro atoms. The van der Waals surface area contributed by atoms with Crippen molar-refractivity contribution in [2.24, 2.45) is 7.05 Å². The standard InChI is InChI=1S/C12H15N5O/c1-8-10(13)11(17(3)15-8)12(18)16(2)9-5-4-6-14-7-9/h4-7H,13H2,1-3H3. The van der Waals surface area contributed by atoms with Gasteiger partial charge in [0.1, 0.15) is 5.69 Å². The summed E-state index contributed by atoms with van der Waals surface area (Å²) in [6.45, 7) is 1.77. The Balaban J connectivity index is 2.38. The van der Waals surface area contributed by atoms with Crippen molar-refractivity contribution in [3.05, 3.63) is 35.9 Å². The summed E-state index contributed by atoms with van der Waals surface area (Å²) in [6, 6.07) is 3.58. The molecule has 0 fully saturated rings. The molecule has 0 aliphatic carbocycles. The molecule has 0 aliphatic rings. The predicted octanol–water partition coefficient (Wildman–Crippen LogP) is 0.982. The number of carbonyl (C=O) groups excluding carboxylic acids is 1. The molecule has 6 heteroatoms. The minimum absolute atomic E-state index is 0.205. The van der Waals surface area contributed by atoms with Gasteiger partial charge in [0.05, 0.1) is 23.3 Å². The SMILES string of the molecule is Cc1nn(C)c(C(=O)N(C)c2cccnc2)c1N. The minimum atomic E-state index is -0.205. The number of hydrogen-bond donors (Lipinski definition) is 1. The summed E-state index contributed by atoms with van der Waals surface area (Å²) < 4.78 is 1.50. The molecule has 2 aromatic heterocycles. The van der Waals surface area contributed by atoms with Gasteiger partial charge in [-0.15, -0.1) is 0 Å². The van der Waals surface area contributed by atoms with Crippen molar-refractivity contribution in [3.8, 4) is 0 Å². The van der Waals surface area contributed by atoms with E-state index in [-0.39, 0.29) is 5.91 Å². The first-order valence-corrected chi connectivity index (χ1v) is 5.49. The zero-order valence-electron chi connectivity index (χ0n) is 10.6. The second-order valence-electron chi connectivity index (χ2n) is 4.05. The first-order valence-electron chi connectivity index (χ1n) is 5.49. The number of anilines is 2. The van der Waals surface area contributed by atoms with Crippen LogP contribution in [0.15, 0.2) is 24.5 Å². The fourth-order valence-corrected chi connectivity index (χ4v) is 1.76. The third kappa shape index (κ3) is 1.92. The molecule has 0 radical (unpaired) electrons. The molecule has 0 atom stereocenters. The fraction of sp³-hybridized carbons (Fsp3) is 0.250. The zero-order chi connectivity index (χ0) is 13.3. The van der Waals surface area contributed by atoms with E-state index in [1.54, 1.807) is 39.5 Å². The normalized spacial score (nSPS) is 10.4. The van der Waals surface area contributed by atoms with E-state index < -0.39 is 0 Å². The van der Waals surface area contributed by atoms with Crippen molar-refractivity contribution in [2.45, 2.75) is 6.92 Å². The van der Waals surface area contributed by atoms with Crippen molar-refractivity contribution >= 4 is 17.3 Å². The van der Waals surface area contributed by atoms with Crippen LogP contribution >= 0.6 is 0 Å². The Labute approximate surface area is 105 Å². The zero-order valence-corrected chi connectivity index (χ0v) is 10.6. The molecule has 6 nitrogen and oxygen atoms in total. The van der Waals surface area contributed by atoms with Crippen molar-refractivity contribution in [2.75, 3.05) is 17.7 Å². The Bertz CT molecular complexity index is 576. The van der Waals surface area contributed by atoms with Crippen LogP contribution in [0, 0.1) is 6.92 Å². The summed E-state index contributed by atoms with van der Waals surface area (Å²) in [5, 5.41) is 4.14. The Morgan fingerprint density at radius 3 is 2.72 bits per heavy atom. The molecule has 0 aromatic carbocycles. The molecule has 0 bridgehead atoms. The van der Waals surface area contributed by atoms with Gasteiger partial charge in [-0.1, -0.05) is 0 Å². The molecule has 2 heterocycles. The number of nitrogen functional groups attached to an aromatic ring is 1. The highest BCUT2D eigenvalue weighted by atomic mass is 16.2. The van der Waals surface area contributed by atoms with E-state index in [0.717, 1.165) is 0 Å². The number of aromatic nitrogens is 3. The topological polar surface area (TPSA) is 77.0 Å². The quantitative estimate of drug-likeness (QED) is 0.855. The summed E-state index contributed by atoms with van der Waals surface area (Å²) in [7, 11) is 3.38. The van der Waals surface area contributed by atoms with E-state index in [1.807, 2.05) is 6.07 Å². The highest BCUT2D eigenvalue weighted by molar-refractivity contribution is 6.07. The van der Waals surface area contributed by atoms with Crippen molar-refractivity contribution in [3.63, 3.8) is 0 Å². The molecule has 0 saturated carbocycles. The van der Waals surface area contributed by atoms with Crippen LogP contribution in [0.5, 0.6) is 0 Å². The third-order valence-corrected chi connectivity index (χ3v) is 2.81. The Kier molecular flexibility index (Phi) is 3.01. The molecule has 1 amide bonds. The average molecular weight is 245 g/mol. The van der Waals surface area contributed by atoms with Gasteiger partial charge >= 0.3 is 0 Å². The molecule has 0 saturated heterocycles. The van der Waals surface area contributed by atoms with E-state index in [0.29, 0.717) is 22.8 Å². The molecule has 2 rings (SSSR count). The number of hydrogen-bond acceptors (Lipinski definition) is 4. The first-order chi connectivity index (χ1) is 8.52. The van der Waals surface area contributed by atoms with Gasteiger partial charge < -0.3 is 10.6 Å². The van der Waals surface area contributed by atoms with Crippen molar-refractivity contribution < 1.29 is 4.79 Å². The van der Waals surface area contributed by atoms with E-state index in [2.05, 4.69) is 10.1 Å². The van der Waals surface area contributed by atoms with Gasteiger partial charge in [0.15, 0.2) is 0 Å². The first kappa shape index (κ1) is 12.1. The van der Waals surface area contributed by atoms with E-state index in [4.69, 9.17) is 5.73 Å². The summed E-state index contributed by atoms with van der Waals surface area (Å²) >= 11 is 0. The maximum Gasteiger partial charge on any atom is 0.278 e. The van der Waals surface area contributed by atoms with Gasteiger partial charge in [-0.25, -0.2) is 0 Å². The van der Waals surface area contributed by atoms with Gasteiger partial charge in [-0.3, -0.25) is 14.5 Å². The minimum Gasteiger partial charge on any atom is -0.395 e. The molecule has 94 valence electrons. The smallest absolute Gasteiger partial charge is 0.278 e. The predicted molar refractivity (Wildman–Crippen MR) is 69.3 cm³/mol. The molecule has 18 heavy (non-hydrogen) atoms. The summed E-state index contributed by atoms with van der Waals surface area (Å²) in [5.41, 5.74) is 8.04. The lowest BCUT2D eigenvalue weighted by molar-refractivity contribution is 0.0985. The Morgan fingerprint density at radius 1 is 1.50 bits per heavy atom. The molecule has 0 aliphatic heterocycles. The highest BCUT2D eigenvalue weighted by Gasteiger charge is 2.22. The number of rotatable bonds is 2. The van der Waals surface area contributed by atoms with Crippen LogP contribution in [0.4, 0.5) is 11.4 Å². The van der Waals surface area contributed by atoms with Crippen molar-refractivity contribution in [1.82, 2.24) is 14.8 Å². The summed E-state index contributed by atoms with van der Waals surface area (Å²) in [4.78, 5) is 17.8. The van der Waals surface area contributed by atoms with Crippen LogP contribution in [0.3, 0.4) is 0 Å². The van der Waals surface area contributed by atoms with E-state index in [1.165, 1.54) is 9.58 Å². The number of nitrogens with zero attached hydrogens (tertiary/aromatic N) is 4. The lowest BCUT2D eigenvalue weighted by atomic mass is 10.2. The maximum absolute atomic E-state index is 12.4. The Hall–Kier alpha value is -2.37. The van der Waals surface area contributed by atoms with Gasteiger partial charge in [0.25, 0.3) is 5.91 Å². The molecule has 2 aromatic rings. The van der Waals surface area contributed by atoms with Gasteiger partial charge in [0.2, 0.25) is 0 Å². The number of nitrogens with two attached hydrogens (primary N) is 1. The lowest BCUT2D eigenvalue weighted by Gasteiger charge is -2.17. The van der Waals surface area contributed by atoms with Gasteiger partial charge in [0, 0.05) is 20.3 Å². The molecular weight excluding hydrogens is 230 g/mol. The van der Waals surface area contributed by atoms with Crippen LogP contribution in [-0.2, 0) is 7.05 Å². The average Bonchev–Trinajstić information content (AvgIpc) is 2.63. The molecule has 0 unspecified atom stereocenters. The second kappa shape index (κ2) is 4.48. The summed E-state index contributed by atoms with van der Waals surface area (Å²) in [6.07, 6.45) is 3.28. The third-order valence-electron chi connectivity index (χ3n) is 2.81. The molecular formula is C12H15N5O. The van der Waals surface area contributed by atoms with Gasteiger partial charge in [-0.05, 0) is 19.1 Å². The number of aryl methyl sites for hydroxylation is 2. The van der Waals surface area contributed by atoms with Crippen LogP contribution < -0.4 is 10.6 Å². The van der Waals surface area contributed by atoms with Crippen LogP contribution in [0.1, 0.15) is 16.2 Å². The lowest BCUT2D eigenvalue weighted by Crippen LogP contribution is -2.29. The maximum atomic E-state index is 12.4. The van der Waals surface area contributed by atoms with Crippen LogP contribution in [0.25, 0.3) is 0 Å². The second-order valence-corrected chi connectivity index (χ2v) is 4.05.